The molecule has 2 aromatic rings. The number of likely N-dealkylation sites (tertiary alicyclic amines) is 2. The van der Waals surface area contributed by atoms with Gasteiger partial charge >= 0.3 is 12.4 Å². The number of halogens is 7. The van der Waals surface area contributed by atoms with Crippen molar-refractivity contribution in [2.45, 2.75) is 43.2 Å². The molecule has 202 valence electrons. The number of hydrogen-bond acceptors (Lipinski definition) is 3. The van der Waals surface area contributed by atoms with E-state index < -0.39 is 40.8 Å². The first-order valence-corrected chi connectivity index (χ1v) is 12.0. The number of amides is 1. The van der Waals surface area contributed by atoms with Crippen LogP contribution in [0.5, 0.6) is 0 Å². The molecular weight excluding hydrogens is 503 g/mol. The molecule has 0 aliphatic carbocycles. The second-order valence-electron chi connectivity index (χ2n) is 9.96. The second-order valence-corrected chi connectivity index (χ2v) is 9.96. The molecule has 0 saturated carbocycles. The molecule has 0 N–H and O–H groups in total. The van der Waals surface area contributed by atoms with Crippen LogP contribution in [-0.4, -0.2) is 73.0 Å². The summed E-state index contributed by atoms with van der Waals surface area (Å²) in [6.07, 6.45) is -8.65. The van der Waals surface area contributed by atoms with Crippen molar-refractivity contribution in [3.05, 3.63) is 70.5 Å². The Kier molecular flexibility index (Phi) is 7.58. The van der Waals surface area contributed by atoms with Gasteiger partial charge in [0.25, 0.3) is 5.91 Å². The first kappa shape index (κ1) is 27.4. The summed E-state index contributed by atoms with van der Waals surface area (Å²) in [5, 5.41) is 0. The number of likely N-dealkylation sites (N-methyl/N-ethyl adjacent to an activating group) is 1. The lowest BCUT2D eigenvalue weighted by Crippen LogP contribution is -2.51. The van der Waals surface area contributed by atoms with Crippen LogP contribution in [0.4, 0.5) is 30.7 Å². The van der Waals surface area contributed by atoms with Gasteiger partial charge in [0.1, 0.15) is 5.82 Å². The highest BCUT2D eigenvalue weighted by atomic mass is 19.4. The third kappa shape index (κ3) is 6.09. The lowest BCUT2D eigenvalue weighted by Gasteiger charge is -2.43. The second kappa shape index (κ2) is 10.2. The predicted molar refractivity (Wildman–Crippen MR) is 124 cm³/mol. The average molecular weight is 532 g/mol. The Morgan fingerprint density at radius 1 is 0.865 bits per heavy atom. The van der Waals surface area contributed by atoms with Gasteiger partial charge in [-0.05, 0) is 62.8 Å². The summed E-state index contributed by atoms with van der Waals surface area (Å²) >= 11 is 0. The molecule has 0 bridgehead atoms. The molecule has 37 heavy (non-hydrogen) atoms. The maximum absolute atomic E-state index is 13.6. The van der Waals surface area contributed by atoms with E-state index in [1.165, 1.54) is 17.0 Å². The molecule has 4 rings (SSSR count). The van der Waals surface area contributed by atoms with Crippen molar-refractivity contribution in [3.63, 3.8) is 0 Å². The number of piperidine rings is 1. The Hall–Kier alpha value is -2.66. The van der Waals surface area contributed by atoms with Gasteiger partial charge in [-0.25, -0.2) is 4.39 Å². The molecule has 2 fully saturated rings. The Morgan fingerprint density at radius 3 is 1.97 bits per heavy atom. The smallest absolute Gasteiger partial charge is 0.338 e. The molecule has 2 heterocycles. The zero-order valence-corrected chi connectivity index (χ0v) is 20.4. The fourth-order valence-corrected chi connectivity index (χ4v) is 5.35. The number of benzene rings is 2. The molecule has 0 aromatic heterocycles. The minimum atomic E-state index is -5.04. The molecule has 2 aromatic carbocycles. The zero-order chi connectivity index (χ0) is 27.1. The van der Waals surface area contributed by atoms with E-state index in [-0.39, 0.29) is 31.1 Å². The van der Waals surface area contributed by atoms with Crippen molar-refractivity contribution in [1.29, 1.82) is 0 Å². The van der Waals surface area contributed by atoms with E-state index in [4.69, 9.17) is 0 Å². The fourth-order valence-electron chi connectivity index (χ4n) is 5.35. The monoisotopic (exact) mass is 531 g/mol. The quantitative estimate of drug-likeness (QED) is 0.488. The van der Waals surface area contributed by atoms with E-state index in [9.17, 15) is 35.5 Å². The summed E-state index contributed by atoms with van der Waals surface area (Å²) in [4.78, 5) is 19.0. The predicted octanol–water partition coefficient (Wildman–Crippen LogP) is 5.50. The van der Waals surface area contributed by atoms with Crippen LogP contribution >= 0.6 is 0 Å². The number of carbonyl (C=O) groups excluding carboxylic acids is 1. The summed E-state index contributed by atoms with van der Waals surface area (Å²) in [6, 6.07) is 7.14. The van der Waals surface area contributed by atoms with Crippen molar-refractivity contribution in [1.82, 2.24) is 14.7 Å². The normalized spacial score (nSPS) is 23.6. The van der Waals surface area contributed by atoms with Crippen LogP contribution in [0.3, 0.4) is 0 Å². The van der Waals surface area contributed by atoms with Crippen LogP contribution in [0, 0.1) is 5.82 Å². The van der Waals surface area contributed by atoms with Crippen LogP contribution in [0.25, 0.3) is 0 Å². The average Bonchev–Trinajstić information content (AvgIpc) is 3.33. The molecule has 2 aliphatic rings. The summed E-state index contributed by atoms with van der Waals surface area (Å²) in [7, 11) is 3.99. The molecule has 0 radical (unpaired) electrons. The molecule has 2 aliphatic heterocycles. The van der Waals surface area contributed by atoms with Crippen LogP contribution < -0.4 is 0 Å². The Morgan fingerprint density at radius 2 is 1.46 bits per heavy atom. The number of hydrogen-bond donors (Lipinski definition) is 0. The zero-order valence-electron chi connectivity index (χ0n) is 20.4. The summed E-state index contributed by atoms with van der Waals surface area (Å²) in [5.41, 5.74) is -2.95. The van der Waals surface area contributed by atoms with Crippen LogP contribution in [0.1, 0.15) is 45.8 Å². The van der Waals surface area contributed by atoms with Crippen molar-refractivity contribution in [3.8, 4) is 0 Å². The SMILES string of the molecule is CN(C)C1CCN(C2CCN(C(=O)c3cc(C(F)(F)F)cc(C(F)(F)F)c3)CC2c2ccc(F)cc2)C1. The standard InChI is InChI=1S/C26H28F7N3O/c1-34(2)21-7-9-35(14-21)23-8-10-36(15-22(23)16-3-5-20(27)6-4-16)24(37)17-11-18(25(28,29)30)13-19(12-17)26(31,32)33/h3-6,11-13,21-23H,7-10,14-15H2,1-2H3. The van der Waals surface area contributed by atoms with Gasteiger partial charge in [-0.2, -0.15) is 26.3 Å². The molecule has 4 nitrogen and oxygen atoms in total. The number of rotatable bonds is 4. The largest absolute Gasteiger partial charge is 0.416 e. The van der Waals surface area contributed by atoms with Gasteiger partial charge in [-0.3, -0.25) is 9.69 Å². The van der Waals surface area contributed by atoms with E-state index >= 15 is 0 Å². The van der Waals surface area contributed by atoms with Crippen molar-refractivity contribution in [2.75, 3.05) is 40.3 Å². The molecule has 3 atom stereocenters. The molecule has 11 heteroatoms. The number of alkyl halides is 6. The van der Waals surface area contributed by atoms with E-state index in [0.717, 1.165) is 25.1 Å². The van der Waals surface area contributed by atoms with Gasteiger partial charge in [0, 0.05) is 49.7 Å². The minimum Gasteiger partial charge on any atom is -0.338 e. The first-order chi connectivity index (χ1) is 17.2. The number of carbonyl (C=O) groups is 1. The Balaban J connectivity index is 1.64. The molecule has 0 spiro atoms. The number of nitrogens with zero attached hydrogens (tertiary/aromatic N) is 3. The minimum absolute atomic E-state index is 0.00768. The Bertz CT molecular complexity index is 1080. The maximum atomic E-state index is 13.6. The van der Waals surface area contributed by atoms with Crippen LogP contribution in [0.15, 0.2) is 42.5 Å². The molecule has 2 saturated heterocycles. The topological polar surface area (TPSA) is 26.8 Å². The van der Waals surface area contributed by atoms with Gasteiger partial charge < -0.3 is 9.80 Å². The van der Waals surface area contributed by atoms with Gasteiger partial charge in [-0.1, -0.05) is 12.1 Å². The fraction of sp³-hybridized carbons (Fsp3) is 0.500. The molecular formula is C26H28F7N3O. The van der Waals surface area contributed by atoms with Crippen LogP contribution in [-0.2, 0) is 12.4 Å². The van der Waals surface area contributed by atoms with Crippen molar-refractivity contribution >= 4 is 5.91 Å². The van der Waals surface area contributed by atoms with E-state index in [0.29, 0.717) is 24.6 Å². The van der Waals surface area contributed by atoms with Crippen LogP contribution in [0.2, 0.25) is 0 Å². The Labute approximate surface area is 210 Å². The van der Waals surface area contributed by atoms with E-state index in [2.05, 4.69) is 9.80 Å². The summed E-state index contributed by atoms with van der Waals surface area (Å²) in [5.74, 6) is -1.61. The van der Waals surface area contributed by atoms with Gasteiger partial charge in [0.2, 0.25) is 0 Å². The third-order valence-electron chi connectivity index (χ3n) is 7.39. The molecule has 3 unspecified atom stereocenters. The third-order valence-corrected chi connectivity index (χ3v) is 7.39. The van der Waals surface area contributed by atoms with Gasteiger partial charge in [0.05, 0.1) is 11.1 Å². The lowest BCUT2D eigenvalue weighted by molar-refractivity contribution is -0.143. The van der Waals surface area contributed by atoms with Gasteiger partial charge in [0.15, 0.2) is 0 Å². The van der Waals surface area contributed by atoms with Crippen molar-refractivity contribution in [2.24, 2.45) is 0 Å². The lowest BCUT2D eigenvalue weighted by atomic mass is 9.84. The first-order valence-electron chi connectivity index (χ1n) is 12.0. The molecule has 1 amide bonds. The highest BCUT2D eigenvalue weighted by Gasteiger charge is 2.41. The summed E-state index contributed by atoms with van der Waals surface area (Å²) < 4.78 is 93.7. The van der Waals surface area contributed by atoms with E-state index in [1.807, 2.05) is 14.1 Å². The van der Waals surface area contributed by atoms with Gasteiger partial charge in [-0.15, -0.1) is 0 Å². The van der Waals surface area contributed by atoms with Crippen molar-refractivity contribution < 1.29 is 35.5 Å². The highest BCUT2D eigenvalue weighted by molar-refractivity contribution is 5.95. The summed E-state index contributed by atoms with van der Waals surface area (Å²) in [6.45, 7) is 1.89. The van der Waals surface area contributed by atoms with E-state index in [1.54, 1.807) is 12.1 Å². The maximum Gasteiger partial charge on any atom is 0.416 e. The highest BCUT2D eigenvalue weighted by Crippen LogP contribution is 2.38.